The summed E-state index contributed by atoms with van der Waals surface area (Å²) in [6.07, 6.45) is -0.660. The van der Waals surface area contributed by atoms with Crippen LogP contribution in [0.2, 0.25) is 0 Å². The first-order valence-corrected chi connectivity index (χ1v) is 10.6. The number of aliphatic hydroxyl groups excluding tert-OH is 2. The van der Waals surface area contributed by atoms with Gasteiger partial charge in [-0.2, -0.15) is 0 Å². The van der Waals surface area contributed by atoms with E-state index >= 15 is 0 Å². The first-order valence-electron chi connectivity index (χ1n) is 10.6. The molecule has 9 unspecified atom stereocenters. The van der Waals surface area contributed by atoms with Crippen molar-refractivity contribution in [1.82, 2.24) is 0 Å². The summed E-state index contributed by atoms with van der Waals surface area (Å²) in [6, 6.07) is 0. The van der Waals surface area contributed by atoms with E-state index in [-0.39, 0.29) is 23.9 Å². The van der Waals surface area contributed by atoms with Crippen LogP contribution in [-0.4, -0.2) is 53.4 Å². The first kappa shape index (κ1) is 19.5. The number of ether oxygens (including phenoxy) is 3. The Bertz CT molecular complexity index is 790. The van der Waals surface area contributed by atoms with Crippen molar-refractivity contribution in [3.8, 4) is 0 Å². The minimum Gasteiger partial charge on any atom is -0.461 e. The molecule has 7 heteroatoms. The molecule has 160 valence electrons. The van der Waals surface area contributed by atoms with Gasteiger partial charge in [-0.05, 0) is 42.6 Å². The molecule has 7 nitrogen and oxygen atoms in total. The second kappa shape index (κ2) is 5.83. The maximum atomic E-state index is 13.5. The van der Waals surface area contributed by atoms with Crippen molar-refractivity contribution in [3.63, 3.8) is 0 Å². The molecule has 2 heterocycles. The standard InChI is InChI=1S/C22H30O7/c1-10-12-7-13(24)15-21(8-12,17(10)28-11(2)23)19(26)29-14-5-6-20(3,4)16-18(25)27-9-22(14,15)16/h12-18,24-25H,1,5-9H2,2-4H3. The lowest BCUT2D eigenvalue weighted by Gasteiger charge is -2.63. The molecule has 0 radical (unpaired) electrons. The molecule has 2 N–H and O–H groups in total. The highest BCUT2D eigenvalue weighted by molar-refractivity contribution is 5.83. The summed E-state index contributed by atoms with van der Waals surface area (Å²) in [5, 5.41) is 22.2. The van der Waals surface area contributed by atoms with Crippen LogP contribution in [0.25, 0.3) is 0 Å². The Balaban J connectivity index is 1.72. The predicted molar refractivity (Wildman–Crippen MR) is 100 cm³/mol. The molecule has 0 amide bonds. The molecule has 5 fully saturated rings. The van der Waals surface area contributed by atoms with Crippen LogP contribution in [0.15, 0.2) is 12.2 Å². The van der Waals surface area contributed by atoms with E-state index < -0.39 is 53.3 Å². The van der Waals surface area contributed by atoms with Gasteiger partial charge in [0, 0.05) is 24.2 Å². The highest BCUT2D eigenvalue weighted by Crippen LogP contribution is 2.72. The highest BCUT2D eigenvalue weighted by Gasteiger charge is 2.79. The molecule has 2 aliphatic heterocycles. The second-order valence-corrected chi connectivity index (χ2v) is 10.5. The monoisotopic (exact) mass is 406 g/mol. The summed E-state index contributed by atoms with van der Waals surface area (Å²) in [5.74, 6) is -1.81. The van der Waals surface area contributed by atoms with E-state index in [1.165, 1.54) is 6.92 Å². The van der Waals surface area contributed by atoms with E-state index in [0.29, 0.717) is 24.8 Å². The number of esters is 2. The lowest BCUT2D eigenvalue weighted by molar-refractivity contribution is -0.265. The van der Waals surface area contributed by atoms with Crippen LogP contribution in [0.1, 0.15) is 46.5 Å². The summed E-state index contributed by atoms with van der Waals surface area (Å²) in [6.45, 7) is 9.88. The van der Waals surface area contributed by atoms with Crippen molar-refractivity contribution in [3.05, 3.63) is 12.2 Å². The fourth-order valence-electron chi connectivity index (χ4n) is 7.89. The molecular formula is C22H30O7. The molecule has 29 heavy (non-hydrogen) atoms. The Morgan fingerprint density at radius 2 is 2.00 bits per heavy atom. The molecule has 9 atom stereocenters. The summed E-state index contributed by atoms with van der Waals surface area (Å²) < 4.78 is 17.5. The second-order valence-electron chi connectivity index (χ2n) is 10.5. The van der Waals surface area contributed by atoms with Gasteiger partial charge in [0.05, 0.1) is 12.7 Å². The molecule has 3 aliphatic carbocycles. The van der Waals surface area contributed by atoms with Crippen LogP contribution < -0.4 is 0 Å². The third kappa shape index (κ3) is 2.19. The minimum atomic E-state index is -1.18. The van der Waals surface area contributed by atoms with Crippen LogP contribution in [0.3, 0.4) is 0 Å². The first-order chi connectivity index (χ1) is 13.6. The molecule has 5 aliphatic rings. The number of carbonyl (C=O) groups is 2. The summed E-state index contributed by atoms with van der Waals surface area (Å²) in [7, 11) is 0. The van der Waals surface area contributed by atoms with Gasteiger partial charge >= 0.3 is 11.9 Å². The fraction of sp³-hybridized carbons (Fsp3) is 0.818. The average Bonchev–Trinajstić information content (AvgIpc) is 3.07. The molecule has 3 saturated carbocycles. The SMILES string of the molecule is C=C1C2CC(O)C3C(C2)(C(=O)OC2CCC(C)(C)C4C(O)OCC243)C1OC(C)=O. The highest BCUT2D eigenvalue weighted by atomic mass is 16.6. The predicted octanol–water partition coefficient (Wildman–Crippen LogP) is 1.56. The number of fused-ring (bicyclic) bond motifs is 1. The van der Waals surface area contributed by atoms with Gasteiger partial charge in [-0.15, -0.1) is 0 Å². The third-order valence-corrected chi connectivity index (χ3v) is 8.73. The van der Waals surface area contributed by atoms with Crippen molar-refractivity contribution in [2.45, 2.75) is 71.1 Å². The van der Waals surface area contributed by atoms with E-state index in [2.05, 4.69) is 20.4 Å². The molecule has 2 spiro atoms. The number of carbonyl (C=O) groups excluding carboxylic acids is 2. The van der Waals surface area contributed by atoms with Crippen LogP contribution in [0, 0.1) is 34.0 Å². The van der Waals surface area contributed by atoms with Crippen molar-refractivity contribution < 1.29 is 34.0 Å². The summed E-state index contributed by atoms with van der Waals surface area (Å²) in [4.78, 5) is 25.4. The van der Waals surface area contributed by atoms with Gasteiger partial charge in [-0.1, -0.05) is 20.4 Å². The van der Waals surface area contributed by atoms with Gasteiger partial charge in [0.25, 0.3) is 0 Å². The van der Waals surface area contributed by atoms with Gasteiger partial charge in [0.1, 0.15) is 17.6 Å². The zero-order valence-corrected chi connectivity index (χ0v) is 17.2. The van der Waals surface area contributed by atoms with Crippen molar-refractivity contribution in [1.29, 1.82) is 0 Å². The lowest BCUT2D eigenvalue weighted by atomic mass is 9.43. The number of hydrogen-bond acceptors (Lipinski definition) is 7. The summed E-state index contributed by atoms with van der Waals surface area (Å²) in [5.41, 5.74) is -1.47. The quantitative estimate of drug-likeness (QED) is 0.503. The third-order valence-electron chi connectivity index (χ3n) is 8.73. The van der Waals surface area contributed by atoms with Crippen LogP contribution >= 0.6 is 0 Å². The van der Waals surface area contributed by atoms with E-state index in [4.69, 9.17) is 14.2 Å². The smallest absolute Gasteiger partial charge is 0.316 e. The zero-order valence-electron chi connectivity index (χ0n) is 17.2. The Labute approximate surface area is 170 Å². The lowest BCUT2D eigenvalue weighted by Crippen LogP contribution is -2.71. The molecule has 0 aromatic rings. The Morgan fingerprint density at radius 3 is 2.69 bits per heavy atom. The van der Waals surface area contributed by atoms with E-state index in [1.54, 1.807) is 0 Å². The molecule has 0 aromatic heterocycles. The molecular weight excluding hydrogens is 376 g/mol. The van der Waals surface area contributed by atoms with Gasteiger partial charge < -0.3 is 24.4 Å². The molecule has 2 bridgehead atoms. The van der Waals surface area contributed by atoms with Crippen LogP contribution in [0.4, 0.5) is 0 Å². The van der Waals surface area contributed by atoms with E-state index in [9.17, 15) is 19.8 Å². The maximum Gasteiger partial charge on any atom is 0.316 e. The number of rotatable bonds is 1. The van der Waals surface area contributed by atoms with Gasteiger partial charge in [0.15, 0.2) is 6.29 Å². The minimum absolute atomic E-state index is 0.103. The average molecular weight is 406 g/mol. The normalized spacial score (nSPS) is 52.2. The molecule has 2 saturated heterocycles. The Hall–Kier alpha value is -1.44. The van der Waals surface area contributed by atoms with Gasteiger partial charge in [-0.25, -0.2) is 0 Å². The largest absolute Gasteiger partial charge is 0.461 e. The Morgan fingerprint density at radius 1 is 1.28 bits per heavy atom. The van der Waals surface area contributed by atoms with Crippen LogP contribution in [-0.2, 0) is 23.8 Å². The van der Waals surface area contributed by atoms with Crippen LogP contribution in [0.5, 0.6) is 0 Å². The van der Waals surface area contributed by atoms with E-state index in [1.807, 2.05) is 0 Å². The molecule has 0 aromatic carbocycles. The fourth-order valence-corrected chi connectivity index (χ4v) is 7.89. The topological polar surface area (TPSA) is 102 Å². The van der Waals surface area contributed by atoms with Gasteiger partial charge in [-0.3, -0.25) is 9.59 Å². The Kier molecular flexibility index (Phi) is 3.92. The number of hydrogen-bond donors (Lipinski definition) is 2. The van der Waals surface area contributed by atoms with Crippen molar-refractivity contribution >= 4 is 11.9 Å². The number of aliphatic hydroxyl groups is 2. The maximum absolute atomic E-state index is 13.5. The van der Waals surface area contributed by atoms with E-state index in [0.717, 1.165) is 6.42 Å². The van der Waals surface area contributed by atoms with Crippen molar-refractivity contribution in [2.75, 3.05) is 6.61 Å². The zero-order chi connectivity index (χ0) is 20.9. The molecule has 5 rings (SSSR count). The van der Waals surface area contributed by atoms with Crippen molar-refractivity contribution in [2.24, 2.45) is 34.0 Å². The van der Waals surface area contributed by atoms with Gasteiger partial charge in [0.2, 0.25) is 0 Å². The summed E-state index contributed by atoms with van der Waals surface area (Å²) >= 11 is 0.